The van der Waals surface area contributed by atoms with Crippen molar-refractivity contribution in [3.63, 3.8) is 0 Å². The normalized spacial score (nSPS) is 10.8. The molecule has 0 aliphatic carbocycles. The second-order valence-electron chi connectivity index (χ2n) is 3.58. The van der Waals surface area contributed by atoms with E-state index in [4.69, 9.17) is 10.2 Å². The average molecular weight is 275 g/mol. The van der Waals surface area contributed by atoms with Crippen LogP contribution in [0.1, 0.15) is 9.75 Å². The summed E-state index contributed by atoms with van der Waals surface area (Å²) in [5.41, 5.74) is 0. The summed E-state index contributed by atoms with van der Waals surface area (Å²) in [7, 11) is 0. The molecule has 0 saturated heterocycles. The van der Waals surface area contributed by atoms with Gasteiger partial charge in [-0.25, -0.2) is 8.78 Å². The van der Waals surface area contributed by atoms with Crippen LogP contribution in [-0.4, -0.2) is 47.8 Å². The molecule has 0 unspecified atom stereocenters. The number of thiophene rings is 1. The van der Waals surface area contributed by atoms with Crippen molar-refractivity contribution in [3.8, 4) is 11.8 Å². The molecule has 0 atom stereocenters. The summed E-state index contributed by atoms with van der Waals surface area (Å²) in [5.74, 6) is 5.29. The maximum Gasteiger partial charge on any atom is 0.251 e. The zero-order valence-electron chi connectivity index (χ0n) is 9.77. The monoisotopic (exact) mass is 275 g/mol. The minimum Gasteiger partial charge on any atom is -0.395 e. The summed E-state index contributed by atoms with van der Waals surface area (Å²) < 4.78 is 24.6. The van der Waals surface area contributed by atoms with Crippen molar-refractivity contribution >= 4 is 11.3 Å². The lowest BCUT2D eigenvalue weighted by atomic mass is 10.3. The standard InChI is InChI=1S/C12H15F2NO2S/c13-12(14)9-15(5-7-17)8-11-4-3-10(18-11)2-1-6-16/h3-4,12,16-17H,5-9H2. The van der Waals surface area contributed by atoms with Crippen LogP contribution in [0.3, 0.4) is 0 Å². The summed E-state index contributed by atoms with van der Waals surface area (Å²) in [4.78, 5) is 3.20. The molecule has 0 aliphatic rings. The van der Waals surface area contributed by atoms with Crippen LogP contribution in [0.4, 0.5) is 8.78 Å². The minimum atomic E-state index is -2.41. The summed E-state index contributed by atoms with van der Waals surface area (Å²) in [5, 5.41) is 17.4. The number of aliphatic hydroxyl groups is 2. The molecule has 2 N–H and O–H groups in total. The van der Waals surface area contributed by atoms with Gasteiger partial charge < -0.3 is 10.2 Å². The van der Waals surface area contributed by atoms with Gasteiger partial charge in [-0.3, -0.25) is 4.90 Å². The van der Waals surface area contributed by atoms with E-state index in [1.807, 2.05) is 6.07 Å². The first kappa shape index (κ1) is 15.1. The summed E-state index contributed by atoms with van der Waals surface area (Å²) in [6, 6.07) is 3.62. The summed E-state index contributed by atoms with van der Waals surface area (Å²) in [6.45, 7) is -0.100. The highest BCUT2D eigenvalue weighted by Crippen LogP contribution is 2.17. The number of aliphatic hydroxyl groups excluding tert-OH is 2. The van der Waals surface area contributed by atoms with Crippen molar-refractivity contribution in [2.75, 3.05) is 26.3 Å². The van der Waals surface area contributed by atoms with E-state index in [1.54, 1.807) is 6.07 Å². The number of nitrogens with zero attached hydrogens (tertiary/aromatic N) is 1. The lowest BCUT2D eigenvalue weighted by Crippen LogP contribution is -2.30. The number of alkyl halides is 2. The summed E-state index contributed by atoms with van der Waals surface area (Å²) in [6.07, 6.45) is -2.41. The van der Waals surface area contributed by atoms with Crippen LogP contribution in [0.2, 0.25) is 0 Å². The molecule has 0 spiro atoms. The van der Waals surface area contributed by atoms with Gasteiger partial charge in [0.1, 0.15) is 6.61 Å². The van der Waals surface area contributed by atoms with E-state index in [0.29, 0.717) is 6.54 Å². The van der Waals surface area contributed by atoms with Gasteiger partial charge in [-0.1, -0.05) is 11.8 Å². The Labute approximate surface area is 109 Å². The van der Waals surface area contributed by atoms with Crippen molar-refractivity contribution in [1.29, 1.82) is 0 Å². The van der Waals surface area contributed by atoms with Crippen LogP contribution in [-0.2, 0) is 6.54 Å². The first-order valence-electron chi connectivity index (χ1n) is 5.45. The van der Waals surface area contributed by atoms with Crippen molar-refractivity contribution in [2.45, 2.75) is 13.0 Å². The Hall–Kier alpha value is -1.00. The van der Waals surface area contributed by atoms with Crippen molar-refractivity contribution < 1.29 is 19.0 Å². The van der Waals surface area contributed by atoms with Crippen LogP contribution in [0.5, 0.6) is 0 Å². The van der Waals surface area contributed by atoms with Gasteiger partial charge in [0.25, 0.3) is 6.43 Å². The van der Waals surface area contributed by atoms with Gasteiger partial charge in [-0.15, -0.1) is 11.3 Å². The van der Waals surface area contributed by atoms with E-state index in [-0.39, 0.29) is 26.3 Å². The molecule has 0 saturated carbocycles. The van der Waals surface area contributed by atoms with E-state index in [0.717, 1.165) is 9.75 Å². The first-order chi connectivity index (χ1) is 8.65. The van der Waals surface area contributed by atoms with Crippen molar-refractivity contribution in [1.82, 2.24) is 4.90 Å². The molecular formula is C12H15F2NO2S. The largest absolute Gasteiger partial charge is 0.395 e. The highest BCUT2D eigenvalue weighted by atomic mass is 32.1. The van der Waals surface area contributed by atoms with Gasteiger partial charge in [-0.05, 0) is 12.1 Å². The Morgan fingerprint density at radius 2 is 2.11 bits per heavy atom. The lowest BCUT2D eigenvalue weighted by molar-refractivity contribution is 0.0751. The molecule has 0 radical (unpaired) electrons. The van der Waals surface area contributed by atoms with Crippen LogP contribution in [0.25, 0.3) is 0 Å². The van der Waals surface area contributed by atoms with Crippen LogP contribution in [0.15, 0.2) is 12.1 Å². The average Bonchev–Trinajstić information content (AvgIpc) is 2.73. The number of hydrogen-bond acceptors (Lipinski definition) is 4. The molecule has 1 aromatic heterocycles. The predicted octanol–water partition coefficient (Wildman–Crippen LogP) is 1.15. The molecule has 0 bridgehead atoms. The molecule has 1 aromatic rings. The van der Waals surface area contributed by atoms with Crippen LogP contribution >= 0.6 is 11.3 Å². The van der Waals surface area contributed by atoms with Crippen molar-refractivity contribution in [3.05, 3.63) is 21.9 Å². The Kier molecular flexibility index (Phi) is 6.83. The SMILES string of the molecule is OCC#Cc1ccc(CN(CCO)CC(F)F)s1. The first-order valence-corrected chi connectivity index (χ1v) is 6.27. The molecule has 1 rings (SSSR count). The number of rotatable bonds is 6. The van der Waals surface area contributed by atoms with Crippen molar-refractivity contribution in [2.24, 2.45) is 0 Å². The molecule has 18 heavy (non-hydrogen) atoms. The lowest BCUT2D eigenvalue weighted by Gasteiger charge is -2.19. The highest BCUT2D eigenvalue weighted by molar-refractivity contribution is 7.12. The minimum absolute atomic E-state index is 0.144. The number of hydrogen-bond donors (Lipinski definition) is 2. The Morgan fingerprint density at radius 3 is 2.72 bits per heavy atom. The van der Waals surface area contributed by atoms with Crippen LogP contribution in [0, 0.1) is 11.8 Å². The Morgan fingerprint density at radius 1 is 1.33 bits per heavy atom. The molecule has 100 valence electrons. The molecule has 0 amide bonds. The molecular weight excluding hydrogens is 260 g/mol. The zero-order chi connectivity index (χ0) is 13.4. The van der Waals surface area contributed by atoms with Gasteiger partial charge >= 0.3 is 0 Å². The highest BCUT2D eigenvalue weighted by Gasteiger charge is 2.12. The predicted molar refractivity (Wildman–Crippen MR) is 66.6 cm³/mol. The molecule has 3 nitrogen and oxygen atoms in total. The molecule has 0 aromatic carbocycles. The second kappa shape index (κ2) is 8.16. The van der Waals surface area contributed by atoms with Crippen LogP contribution < -0.4 is 0 Å². The fourth-order valence-corrected chi connectivity index (χ4v) is 2.37. The van der Waals surface area contributed by atoms with E-state index >= 15 is 0 Å². The number of halogens is 2. The topological polar surface area (TPSA) is 43.7 Å². The zero-order valence-corrected chi connectivity index (χ0v) is 10.6. The van der Waals surface area contributed by atoms with E-state index in [9.17, 15) is 8.78 Å². The second-order valence-corrected chi connectivity index (χ2v) is 4.74. The third-order valence-electron chi connectivity index (χ3n) is 2.14. The quantitative estimate of drug-likeness (QED) is 0.766. The van der Waals surface area contributed by atoms with Gasteiger partial charge in [-0.2, -0.15) is 0 Å². The van der Waals surface area contributed by atoms with E-state index in [1.165, 1.54) is 16.2 Å². The Bertz CT molecular complexity index is 412. The van der Waals surface area contributed by atoms with Gasteiger partial charge in [0, 0.05) is 18.0 Å². The fraction of sp³-hybridized carbons (Fsp3) is 0.500. The maximum atomic E-state index is 12.3. The van der Waals surface area contributed by atoms with Gasteiger partial charge in [0.2, 0.25) is 0 Å². The fourth-order valence-electron chi connectivity index (χ4n) is 1.45. The summed E-state index contributed by atoms with van der Waals surface area (Å²) >= 11 is 1.40. The van der Waals surface area contributed by atoms with E-state index < -0.39 is 6.43 Å². The Balaban J connectivity index is 2.60. The smallest absolute Gasteiger partial charge is 0.251 e. The molecule has 0 aliphatic heterocycles. The van der Waals surface area contributed by atoms with Gasteiger partial charge in [0.05, 0.1) is 18.0 Å². The van der Waals surface area contributed by atoms with Gasteiger partial charge in [0.15, 0.2) is 0 Å². The maximum absolute atomic E-state index is 12.3. The molecule has 1 heterocycles. The third kappa shape index (κ3) is 5.56. The molecule has 6 heteroatoms. The third-order valence-corrected chi connectivity index (χ3v) is 3.13. The molecule has 0 fully saturated rings. The van der Waals surface area contributed by atoms with E-state index in [2.05, 4.69) is 11.8 Å².